The number of nitrogens with one attached hydrogen (secondary N) is 1. The minimum absolute atomic E-state index is 0.114. The molecule has 0 saturated carbocycles. The maximum Gasteiger partial charge on any atom is 0.234 e. The number of carbonyl (C=O) groups excluding carboxylic acids is 1. The fourth-order valence-electron chi connectivity index (χ4n) is 1.70. The fourth-order valence-corrected chi connectivity index (χ4v) is 3.26. The lowest BCUT2D eigenvalue weighted by Gasteiger charge is -2.07. The maximum atomic E-state index is 11.8. The highest BCUT2D eigenvalue weighted by Crippen LogP contribution is 2.28. The van der Waals surface area contributed by atoms with Gasteiger partial charge in [0.15, 0.2) is 0 Å². The highest BCUT2D eigenvalue weighted by molar-refractivity contribution is 7.99. The highest BCUT2D eigenvalue weighted by Gasteiger charge is 2.08. The van der Waals surface area contributed by atoms with Gasteiger partial charge in [0.1, 0.15) is 5.75 Å². The molecular formula is C15H13Cl2NO2S. The molecule has 0 aromatic heterocycles. The molecule has 0 unspecified atom stereocenters. The molecule has 2 rings (SSSR count). The summed E-state index contributed by atoms with van der Waals surface area (Å²) >= 11 is 13.6. The number of hydrogen-bond donors (Lipinski definition) is 2. The van der Waals surface area contributed by atoms with Crippen molar-refractivity contribution in [1.82, 2.24) is 0 Å². The molecule has 0 fully saturated rings. The van der Waals surface area contributed by atoms with E-state index in [1.54, 1.807) is 36.4 Å². The quantitative estimate of drug-likeness (QED) is 0.837. The number of amides is 1. The zero-order valence-corrected chi connectivity index (χ0v) is 13.3. The first-order valence-electron chi connectivity index (χ1n) is 6.16. The van der Waals surface area contributed by atoms with Crippen LogP contribution >= 0.6 is 35.0 Å². The van der Waals surface area contributed by atoms with E-state index in [-0.39, 0.29) is 17.4 Å². The minimum Gasteiger partial charge on any atom is -0.508 e. The van der Waals surface area contributed by atoms with E-state index >= 15 is 0 Å². The van der Waals surface area contributed by atoms with Crippen LogP contribution in [0.25, 0.3) is 0 Å². The molecule has 0 heterocycles. The summed E-state index contributed by atoms with van der Waals surface area (Å²) in [5.74, 6) is 0.806. The Hall–Kier alpha value is -1.36. The predicted molar refractivity (Wildman–Crippen MR) is 89.4 cm³/mol. The van der Waals surface area contributed by atoms with Crippen LogP contribution in [-0.2, 0) is 10.5 Å². The Kier molecular flexibility index (Phi) is 5.79. The van der Waals surface area contributed by atoms with Crippen LogP contribution in [0.15, 0.2) is 42.5 Å². The van der Waals surface area contributed by atoms with Crippen molar-refractivity contribution in [2.45, 2.75) is 5.75 Å². The molecule has 6 heteroatoms. The van der Waals surface area contributed by atoms with Crippen LogP contribution < -0.4 is 5.32 Å². The first-order chi connectivity index (χ1) is 10.1. The van der Waals surface area contributed by atoms with Crippen molar-refractivity contribution >= 4 is 46.6 Å². The predicted octanol–water partition coefficient (Wildman–Crippen LogP) is 4.57. The van der Waals surface area contributed by atoms with Crippen LogP contribution in [0.3, 0.4) is 0 Å². The normalized spacial score (nSPS) is 10.4. The van der Waals surface area contributed by atoms with Gasteiger partial charge in [-0.25, -0.2) is 0 Å². The average molecular weight is 342 g/mol. The number of anilines is 1. The summed E-state index contributed by atoms with van der Waals surface area (Å²) in [4.78, 5) is 11.8. The van der Waals surface area contributed by atoms with Crippen LogP contribution in [0.1, 0.15) is 5.56 Å². The van der Waals surface area contributed by atoms with Crippen molar-refractivity contribution in [2.24, 2.45) is 0 Å². The molecule has 0 saturated heterocycles. The van der Waals surface area contributed by atoms with Crippen molar-refractivity contribution in [3.63, 3.8) is 0 Å². The van der Waals surface area contributed by atoms with E-state index in [1.165, 1.54) is 17.8 Å². The zero-order chi connectivity index (χ0) is 15.2. The molecular weight excluding hydrogens is 329 g/mol. The summed E-state index contributed by atoms with van der Waals surface area (Å²) in [6.45, 7) is 0. The van der Waals surface area contributed by atoms with E-state index < -0.39 is 0 Å². The Morgan fingerprint density at radius 2 is 1.81 bits per heavy atom. The summed E-state index contributed by atoms with van der Waals surface area (Å²) in [5.41, 5.74) is 1.40. The molecule has 3 nitrogen and oxygen atoms in total. The molecule has 2 N–H and O–H groups in total. The third-order valence-corrected chi connectivity index (χ3v) is 4.34. The van der Waals surface area contributed by atoms with Crippen LogP contribution in [-0.4, -0.2) is 16.8 Å². The van der Waals surface area contributed by atoms with Crippen molar-refractivity contribution in [3.05, 3.63) is 58.1 Å². The molecule has 21 heavy (non-hydrogen) atoms. The Balaban J connectivity index is 1.85. The molecule has 110 valence electrons. The third kappa shape index (κ3) is 4.84. The third-order valence-electron chi connectivity index (χ3n) is 2.67. The van der Waals surface area contributed by atoms with Crippen molar-refractivity contribution < 1.29 is 9.90 Å². The van der Waals surface area contributed by atoms with E-state index in [4.69, 9.17) is 23.2 Å². The Morgan fingerprint density at radius 3 is 2.48 bits per heavy atom. The van der Waals surface area contributed by atoms with E-state index in [9.17, 15) is 9.90 Å². The lowest BCUT2D eigenvalue weighted by molar-refractivity contribution is -0.113. The van der Waals surface area contributed by atoms with Gasteiger partial charge in [-0.3, -0.25) is 4.79 Å². The van der Waals surface area contributed by atoms with Crippen molar-refractivity contribution in [1.29, 1.82) is 0 Å². The first kappa shape index (κ1) is 16.0. The van der Waals surface area contributed by atoms with Crippen LogP contribution in [0.4, 0.5) is 5.69 Å². The maximum absolute atomic E-state index is 11.8. The second kappa shape index (κ2) is 7.59. The second-order valence-electron chi connectivity index (χ2n) is 4.29. The van der Waals surface area contributed by atoms with Crippen molar-refractivity contribution in [3.8, 4) is 5.75 Å². The Labute approximate surface area is 137 Å². The number of hydrogen-bond acceptors (Lipinski definition) is 3. The van der Waals surface area contributed by atoms with E-state index in [0.29, 0.717) is 21.5 Å². The summed E-state index contributed by atoms with van der Waals surface area (Å²) in [7, 11) is 0. The van der Waals surface area contributed by atoms with Gasteiger partial charge in [0, 0.05) is 27.6 Å². The average Bonchev–Trinajstić information content (AvgIpc) is 2.42. The van der Waals surface area contributed by atoms with Gasteiger partial charge in [0.25, 0.3) is 0 Å². The lowest BCUT2D eigenvalue weighted by Crippen LogP contribution is -2.14. The van der Waals surface area contributed by atoms with Gasteiger partial charge in [-0.05, 0) is 29.8 Å². The number of phenols is 1. The molecule has 2 aromatic rings. The number of aromatic hydroxyl groups is 1. The van der Waals surface area contributed by atoms with Gasteiger partial charge in [-0.1, -0.05) is 35.3 Å². The fraction of sp³-hybridized carbons (Fsp3) is 0.133. The molecule has 0 aliphatic carbocycles. The molecule has 0 aliphatic rings. The van der Waals surface area contributed by atoms with E-state index in [2.05, 4.69) is 5.32 Å². The minimum atomic E-state index is -0.145. The van der Waals surface area contributed by atoms with Crippen LogP contribution in [0.5, 0.6) is 5.75 Å². The second-order valence-corrected chi connectivity index (χ2v) is 6.09. The number of thioether (sulfide) groups is 1. The van der Waals surface area contributed by atoms with Crippen LogP contribution in [0.2, 0.25) is 10.0 Å². The molecule has 0 bridgehead atoms. The largest absolute Gasteiger partial charge is 0.508 e. The number of carbonyl (C=O) groups is 1. The lowest BCUT2D eigenvalue weighted by atomic mass is 10.2. The van der Waals surface area contributed by atoms with Gasteiger partial charge in [0.2, 0.25) is 5.91 Å². The summed E-state index contributed by atoms with van der Waals surface area (Å²) in [6.07, 6.45) is 0. The zero-order valence-electron chi connectivity index (χ0n) is 11.0. The van der Waals surface area contributed by atoms with Gasteiger partial charge >= 0.3 is 0 Å². The monoisotopic (exact) mass is 341 g/mol. The summed E-state index contributed by atoms with van der Waals surface area (Å²) in [6, 6.07) is 11.8. The standard InChI is InChI=1S/C15H13Cl2NO2S/c16-13-5-2-6-14(17)12(13)8-21-9-15(20)18-10-3-1-4-11(19)7-10/h1-7,19H,8-9H2,(H,18,20). The van der Waals surface area contributed by atoms with Gasteiger partial charge in [0.05, 0.1) is 5.75 Å². The molecule has 0 atom stereocenters. The number of benzene rings is 2. The SMILES string of the molecule is O=C(CSCc1c(Cl)cccc1Cl)Nc1cccc(O)c1. The number of phenolic OH excluding ortho intramolecular Hbond substituents is 1. The summed E-state index contributed by atoms with van der Waals surface area (Å²) < 4.78 is 0. The smallest absolute Gasteiger partial charge is 0.234 e. The molecule has 2 aromatic carbocycles. The molecule has 0 aliphatic heterocycles. The Morgan fingerprint density at radius 1 is 1.14 bits per heavy atom. The topological polar surface area (TPSA) is 49.3 Å². The Bertz CT molecular complexity index is 629. The molecule has 0 spiro atoms. The van der Waals surface area contributed by atoms with Crippen LogP contribution in [0, 0.1) is 0 Å². The van der Waals surface area contributed by atoms with Gasteiger partial charge < -0.3 is 10.4 Å². The van der Waals surface area contributed by atoms with E-state index in [1.807, 2.05) is 0 Å². The number of rotatable bonds is 5. The first-order valence-corrected chi connectivity index (χ1v) is 8.07. The van der Waals surface area contributed by atoms with Crippen molar-refractivity contribution in [2.75, 3.05) is 11.1 Å². The van der Waals surface area contributed by atoms with Gasteiger partial charge in [-0.15, -0.1) is 11.8 Å². The van der Waals surface area contributed by atoms with E-state index in [0.717, 1.165) is 5.56 Å². The number of halogens is 2. The molecule has 0 radical (unpaired) electrons. The highest BCUT2D eigenvalue weighted by atomic mass is 35.5. The van der Waals surface area contributed by atoms with Gasteiger partial charge in [-0.2, -0.15) is 0 Å². The molecule has 1 amide bonds. The summed E-state index contributed by atoms with van der Waals surface area (Å²) in [5, 5.41) is 13.2.